The van der Waals surface area contributed by atoms with Gasteiger partial charge in [-0.05, 0) is 35.2 Å². The first kappa shape index (κ1) is 14.8. The molecule has 0 fully saturated rings. The summed E-state index contributed by atoms with van der Waals surface area (Å²) in [5.74, 6) is 1.46. The van der Waals surface area contributed by atoms with Crippen molar-refractivity contribution in [3.8, 4) is 22.1 Å². The number of methoxy groups -OCH3 is 2. The Hall–Kier alpha value is -2.11. The van der Waals surface area contributed by atoms with Crippen molar-refractivity contribution in [2.24, 2.45) is 0 Å². The lowest BCUT2D eigenvalue weighted by atomic mass is 10.2. The van der Waals surface area contributed by atoms with E-state index in [1.807, 2.05) is 36.4 Å². The van der Waals surface area contributed by atoms with Gasteiger partial charge in [0.15, 0.2) is 11.5 Å². The molecule has 2 aromatic heterocycles. The molecule has 0 bridgehead atoms. The molecule has 2 heterocycles. The van der Waals surface area contributed by atoms with Crippen molar-refractivity contribution >= 4 is 34.8 Å². The molecule has 0 saturated carbocycles. The molecular weight excluding hydrogens is 314 g/mol. The lowest BCUT2D eigenvalue weighted by Gasteiger charge is -2.07. The van der Waals surface area contributed by atoms with Crippen LogP contribution in [0.5, 0.6) is 11.5 Å². The van der Waals surface area contributed by atoms with E-state index in [1.165, 1.54) is 4.88 Å². The lowest BCUT2D eigenvalue weighted by molar-refractivity contribution is 0.355. The summed E-state index contributed by atoms with van der Waals surface area (Å²) in [5, 5.41) is 5.13. The SMILES string of the molecule is COc1ccc(/C=C/c2nc(-c3cccs3)cs2)cc1OC. The van der Waals surface area contributed by atoms with E-state index in [1.54, 1.807) is 36.9 Å². The highest BCUT2D eigenvalue weighted by atomic mass is 32.1. The van der Waals surface area contributed by atoms with Crippen molar-refractivity contribution in [1.82, 2.24) is 4.98 Å². The number of nitrogens with zero attached hydrogens (tertiary/aromatic N) is 1. The Labute approximate surface area is 137 Å². The van der Waals surface area contributed by atoms with Gasteiger partial charge in [0.05, 0.1) is 24.8 Å². The van der Waals surface area contributed by atoms with Crippen molar-refractivity contribution in [2.45, 2.75) is 0 Å². The maximum absolute atomic E-state index is 5.31. The molecule has 0 N–H and O–H groups in total. The van der Waals surface area contributed by atoms with Crippen LogP contribution in [0.25, 0.3) is 22.7 Å². The predicted molar refractivity (Wildman–Crippen MR) is 93.9 cm³/mol. The van der Waals surface area contributed by atoms with Crippen LogP contribution < -0.4 is 9.47 Å². The number of aromatic nitrogens is 1. The van der Waals surface area contributed by atoms with Gasteiger partial charge in [-0.25, -0.2) is 4.98 Å². The minimum absolute atomic E-state index is 0.725. The van der Waals surface area contributed by atoms with Crippen molar-refractivity contribution in [3.63, 3.8) is 0 Å². The summed E-state index contributed by atoms with van der Waals surface area (Å²) in [6, 6.07) is 9.96. The highest BCUT2D eigenvalue weighted by molar-refractivity contribution is 7.14. The summed E-state index contributed by atoms with van der Waals surface area (Å²) in [6.07, 6.45) is 4.04. The van der Waals surface area contributed by atoms with Crippen LogP contribution in [0.2, 0.25) is 0 Å². The van der Waals surface area contributed by atoms with E-state index >= 15 is 0 Å². The minimum atomic E-state index is 0.725. The van der Waals surface area contributed by atoms with Gasteiger partial charge in [0.1, 0.15) is 5.01 Å². The van der Waals surface area contributed by atoms with Gasteiger partial charge < -0.3 is 9.47 Å². The number of benzene rings is 1. The molecule has 112 valence electrons. The zero-order valence-electron chi connectivity index (χ0n) is 12.3. The largest absolute Gasteiger partial charge is 0.493 e. The quantitative estimate of drug-likeness (QED) is 0.655. The molecule has 0 unspecified atom stereocenters. The molecule has 0 amide bonds. The van der Waals surface area contributed by atoms with Gasteiger partial charge in [-0.2, -0.15) is 0 Å². The van der Waals surface area contributed by atoms with Crippen LogP contribution in [0, 0.1) is 0 Å². The van der Waals surface area contributed by atoms with Crippen LogP contribution in [-0.4, -0.2) is 19.2 Å². The van der Waals surface area contributed by atoms with Crippen molar-refractivity contribution in [1.29, 1.82) is 0 Å². The van der Waals surface area contributed by atoms with Gasteiger partial charge in [-0.3, -0.25) is 0 Å². The molecule has 0 aliphatic rings. The van der Waals surface area contributed by atoms with Gasteiger partial charge in [-0.1, -0.05) is 18.2 Å². The number of thiophene rings is 1. The second-order valence-corrected chi connectivity index (χ2v) is 6.33. The van der Waals surface area contributed by atoms with E-state index in [0.29, 0.717) is 0 Å². The Morgan fingerprint density at radius 3 is 2.59 bits per heavy atom. The Bertz CT molecular complexity index is 776. The van der Waals surface area contributed by atoms with E-state index in [4.69, 9.17) is 9.47 Å². The third-order valence-electron chi connectivity index (χ3n) is 3.12. The summed E-state index contributed by atoms with van der Waals surface area (Å²) < 4.78 is 10.6. The number of hydrogen-bond donors (Lipinski definition) is 0. The van der Waals surface area contributed by atoms with E-state index in [2.05, 4.69) is 21.8 Å². The molecule has 5 heteroatoms. The average Bonchev–Trinajstić information content (AvgIpc) is 3.23. The topological polar surface area (TPSA) is 31.4 Å². The Balaban J connectivity index is 1.79. The molecule has 0 spiro atoms. The molecule has 3 nitrogen and oxygen atoms in total. The summed E-state index contributed by atoms with van der Waals surface area (Å²) in [6.45, 7) is 0. The Morgan fingerprint density at radius 1 is 1.00 bits per heavy atom. The van der Waals surface area contributed by atoms with Crippen LogP contribution in [0.4, 0.5) is 0 Å². The van der Waals surface area contributed by atoms with Gasteiger partial charge in [0, 0.05) is 5.38 Å². The highest BCUT2D eigenvalue weighted by Crippen LogP contribution is 2.29. The fourth-order valence-electron chi connectivity index (χ4n) is 2.03. The fraction of sp³-hybridized carbons (Fsp3) is 0.118. The molecular formula is C17H15NO2S2. The Morgan fingerprint density at radius 2 is 1.86 bits per heavy atom. The van der Waals surface area contributed by atoms with Crippen molar-refractivity contribution in [2.75, 3.05) is 14.2 Å². The average molecular weight is 329 g/mol. The summed E-state index contributed by atoms with van der Waals surface area (Å²) in [4.78, 5) is 5.83. The highest BCUT2D eigenvalue weighted by Gasteiger charge is 2.04. The van der Waals surface area contributed by atoms with Gasteiger partial charge >= 0.3 is 0 Å². The zero-order chi connectivity index (χ0) is 15.4. The third kappa shape index (κ3) is 3.21. The van der Waals surface area contributed by atoms with Gasteiger partial charge in [0.25, 0.3) is 0 Å². The number of ether oxygens (including phenoxy) is 2. The molecule has 0 radical (unpaired) electrons. The Kier molecular flexibility index (Phi) is 4.56. The minimum Gasteiger partial charge on any atom is -0.493 e. The zero-order valence-corrected chi connectivity index (χ0v) is 13.9. The molecule has 3 rings (SSSR count). The first-order valence-electron chi connectivity index (χ1n) is 6.69. The van der Waals surface area contributed by atoms with Crippen LogP contribution in [0.3, 0.4) is 0 Å². The van der Waals surface area contributed by atoms with E-state index in [0.717, 1.165) is 27.8 Å². The number of hydrogen-bond acceptors (Lipinski definition) is 5. The van der Waals surface area contributed by atoms with Gasteiger partial charge in [-0.15, -0.1) is 22.7 Å². The summed E-state index contributed by atoms with van der Waals surface area (Å²) >= 11 is 3.34. The number of thiazole rings is 1. The predicted octanol–water partition coefficient (Wildman–Crippen LogP) is 5.06. The maximum atomic E-state index is 5.31. The molecule has 22 heavy (non-hydrogen) atoms. The van der Waals surface area contributed by atoms with E-state index < -0.39 is 0 Å². The first-order chi connectivity index (χ1) is 10.8. The molecule has 0 atom stereocenters. The van der Waals surface area contributed by atoms with Crippen LogP contribution in [-0.2, 0) is 0 Å². The molecule has 1 aromatic carbocycles. The van der Waals surface area contributed by atoms with Crippen LogP contribution in [0.1, 0.15) is 10.6 Å². The third-order valence-corrected chi connectivity index (χ3v) is 4.82. The standard InChI is InChI=1S/C17H15NO2S2/c1-19-14-7-5-12(10-15(14)20-2)6-8-17-18-13(11-22-17)16-4-3-9-21-16/h3-11H,1-2H3/b8-6+. The first-order valence-corrected chi connectivity index (χ1v) is 8.45. The second-order valence-electron chi connectivity index (χ2n) is 4.50. The second kappa shape index (κ2) is 6.77. The normalized spacial score (nSPS) is 11.0. The fourth-order valence-corrected chi connectivity index (χ4v) is 3.50. The lowest BCUT2D eigenvalue weighted by Crippen LogP contribution is -1.90. The maximum Gasteiger partial charge on any atom is 0.161 e. The molecule has 0 aliphatic carbocycles. The van der Waals surface area contributed by atoms with Crippen molar-refractivity contribution < 1.29 is 9.47 Å². The monoisotopic (exact) mass is 329 g/mol. The smallest absolute Gasteiger partial charge is 0.161 e. The van der Waals surface area contributed by atoms with Gasteiger partial charge in [0.2, 0.25) is 0 Å². The molecule has 0 aliphatic heterocycles. The molecule has 3 aromatic rings. The summed E-state index contributed by atoms with van der Waals surface area (Å²) in [5.41, 5.74) is 2.08. The van der Waals surface area contributed by atoms with E-state index in [-0.39, 0.29) is 0 Å². The summed E-state index contributed by atoms with van der Waals surface area (Å²) in [7, 11) is 3.27. The van der Waals surface area contributed by atoms with E-state index in [9.17, 15) is 0 Å². The molecule has 0 saturated heterocycles. The number of rotatable bonds is 5. The van der Waals surface area contributed by atoms with Crippen molar-refractivity contribution in [3.05, 3.63) is 51.7 Å². The van der Waals surface area contributed by atoms with Crippen LogP contribution >= 0.6 is 22.7 Å². The van der Waals surface area contributed by atoms with Crippen LogP contribution in [0.15, 0.2) is 41.1 Å².